The van der Waals surface area contributed by atoms with E-state index in [4.69, 9.17) is 5.73 Å². The largest absolute Gasteiger partial charge is 0.327 e. The summed E-state index contributed by atoms with van der Waals surface area (Å²) < 4.78 is 0. The second-order valence-corrected chi connectivity index (χ2v) is 5.57. The van der Waals surface area contributed by atoms with Gasteiger partial charge in [-0.25, -0.2) is 0 Å². The van der Waals surface area contributed by atoms with Crippen LogP contribution in [0.5, 0.6) is 0 Å². The summed E-state index contributed by atoms with van der Waals surface area (Å²) in [5.74, 6) is 0.141. The Morgan fingerprint density at radius 2 is 2.11 bits per heavy atom. The number of aryl methyl sites for hydroxylation is 1. The zero-order valence-electron chi connectivity index (χ0n) is 11.4. The molecule has 0 heterocycles. The molecule has 0 radical (unpaired) electrons. The van der Waals surface area contributed by atoms with Gasteiger partial charge in [0.25, 0.3) is 0 Å². The van der Waals surface area contributed by atoms with E-state index in [9.17, 15) is 4.79 Å². The highest BCUT2D eigenvalue weighted by Crippen LogP contribution is 2.39. The fraction of sp³-hybridized carbons (Fsp3) is 0.533. The van der Waals surface area contributed by atoms with Crippen LogP contribution in [0.3, 0.4) is 0 Å². The average molecular weight is 246 g/mol. The van der Waals surface area contributed by atoms with Crippen LogP contribution in [0.1, 0.15) is 31.7 Å². The number of nitrogens with zero attached hydrogens (tertiary/aromatic N) is 1. The number of hydrogen-bond acceptors (Lipinski definition) is 2. The van der Waals surface area contributed by atoms with Gasteiger partial charge in [-0.05, 0) is 38.3 Å². The van der Waals surface area contributed by atoms with Crippen molar-refractivity contribution >= 4 is 11.6 Å². The summed E-state index contributed by atoms with van der Waals surface area (Å²) in [4.78, 5) is 14.4. The zero-order valence-corrected chi connectivity index (χ0v) is 11.4. The summed E-state index contributed by atoms with van der Waals surface area (Å²) in [6.07, 6.45) is 2.89. The molecule has 0 saturated heterocycles. The smallest absolute Gasteiger partial charge is 0.234 e. The molecule has 3 nitrogen and oxygen atoms in total. The third kappa shape index (κ3) is 2.03. The zero-order chi connectivity index (χ0) is 13.3. The van der Waals surface area contributed by atoms with Crippen LogP contribution in [0.25, 0.3) is 0 Å². The lowest BCUT2D eigenvalue weighted by Crippen LogP contribution is -2.48. The quantitative estimate of drug-likeness (QED) is 0.871. The molecule has 2 atom stereocenters. The molecule has 1 aromatic carbocycles. The number of carbonyl (C=O) groups is 1. The molecule has 0 aliphatic heterocycles. The molecule has 18 heavy (non-hydrogen) atoms. The Bertz CT molecular complexity index is 458. The van der Waals surface area contributed by atoms with Crippen molar-refractivity contribution in [2.45, 2.75) is 39.2 Å². The molecular weight excluding hydrogens is 224 g/mol. The highest BCUT2D eigenvalue weighted by Gasteiger charge is 2.44. The molecule has 3 heteroatoms. The van der Waals surface area contributed by atoms with E-state index in [1.165, 1.54) is 0 Å². The maximum absolute atomic E-state index is 12.7. The standard InChI is InChI=1S/C15H22N2O/c1-11-7-4-5-8-12(11)17(3)14(18)15(2)10-6-9-13(15)16/h4-5,7-8,13H,6,9-10,16H2,1-3H3. The SMILES string of the molecule is Cc1ccccc1N(C)C(=O)C1(C)CCCC1N. The number of hydrogen-bond donors (Lipinski definition) is 1. The van der Waals surface area contributed by atoms with Crippen LogP contribution in [0.2, 0.25) is 0 Å². The van der Waals surface area contributed by atoms with E-state index in [2.05, 4.69) is 0 Å². The van der Waals surface area contributed by atoms with E-state index in [1.54, 1.807) is 4.90 Å². The molecule has 1 saturated carbocycles. The van der Waals surface area contributed by atoms with E-state index in [1.807, 2.05) is 45.2 Å². The number of benzene rings is 1. The van der Waals surface area contributed by atoms with Crippen molar-refractivity contribution in [1.82, 2.24) is 0 Å². The predicted molar refractivity (Wildman–Crippen MR) is 74.5 cm³/mol. The van der Waals surface area contributed by atoms with Crippen molar-refractivity contribution in [3.05, 3.63) is 29.8 Å². The fourth-order valence-electron chi connectivity index (χ4n) is 2.89. The van der Waals surface area contributed by atoms with Gasteiger partial charge in [0.05, 0.1) is 5.41 Å². The summed E-state index contributed by atoms with van der Waals surface area (Å²) in [5.41, 5.74) is 7.80. The number of rotatable bonds is 2. The summed E-state index contributed by atoms with van der Waals surface area (Å²) in [6, 6.07) is 7.94. The molecule has 0 aromatic heterocycles. The number of amides is 1. The van der Waals surface area contributed by atoms with E-state index >= 15 is 0 Å². The molecular formula is C15H22N2O. The topological polar surface area (TPSA) is 46.3 Å². The molecule has 1 amide bonds. The predicted octanol–water partition coefficient (Wildman–Crippen LogP) is 2.48. The van der Waals surface area contributed by atoms with Gasteiger partial charge in [0, 0.05) is 18.8 Å². The summed E-state index contributed by atoms with van der Waals surface area (Å²) in [5, 5.41) is 0. The Balaban J connectivity index is 2.27. The van der Waals surface area contributed by atoms with Crippen molar-refractivity contribution in [3.63, 3.8) is 0 Å². The van der Waals surface area contributed by atoms with Crippen LogP contribution in [-0.4, -0.2) is 19.0 Å². The van der Waals surface area contributed by atoms with Gasteiger partial charge in [0.15, 0.2) is 0 Å². The van der Waals surface area contributed by atoms with Crippen LogP contribution >= 0.6 is 0 Å². The Morgan fingerprint density at radius 3 is 2.67 bits per heavy atom. The lowest BCUT2D eigenvalue weighted by molar-refractivity contribution is -0.127. The Labute approximate surface area is 109 Å². The molecule has 1 aliphatic carbocycles. The van der Waals surface area contributed by atoms with Gasteiger partial charge in [0.1, 0.15) is 0 Å². The van der Waals surface area contributed by atoms with Crippen LogP contribution in [0, 0.1) is 12.3 Å². The van der Waals surface area contributed by atoms with Crippen molar-refractivity contribution in [3.8, 4) is 0 Å². The van der Waals surface area contributed by atoms with Crippen molar-refractivity contribution in [2.24, 2.45) is 11.1 Å². The Kier molecular flexibility index (Phi) is 3.44. The van der Waals surface area contributed by atoms with Gasteiger partial charge >= 0.3 is 0 Å². The second-order valence-electron chi connectivity index (χ2n) is 5.57. The minimum atomic E-state index is -0.406. The summed E-state index contributed by atoms with van der Waals surface area (Å²) in [7, 11) is 1.85. The van der Waals surface area contributed by atoms with Gasteiger partial charge in [0.2, 0.25) is 5.91 Å². The van der Waals surface area contributed by atoms with E-state index < -0.39 is 5.41 Å². The number of anilines is 1. The second kappa shape index (κ2) is 4.73. The normalized spacial score (nSPS) is 27.2. The van der Waals surface area contributed by atoms with Crippen LogP contribution in [0.4, 0.5) is 5.69 Å². The monoisotopic (exact) mass is 246 g/mol. The molecule has 98 valence electrons. The Morgan fingerprint density at radius 1 is 1.44 bits per heavy atom. The minimum Gasteiger partial charge on any atom is -0.327 e. The van der Waals surface area contributed by atoms with Crippen molar-refractivity contribution in [2.75, 3.05) is 11.9 Å². The first-order valence-electron chi connectivity index (χ1n) is 6.56. The highest BCUT2D eigenvalue weighted by atomic mass is 16.2. The van der Waals surface area contributed by atoms with E-state index in [0.717, 1.165) is 30.5 Å². The van der Waals surface area contributed by atoms with Crippen LogP contribution in [-0.2, 0) is 4.79 Å². The molecule has 2 N–H and O–H groups in total. The molecule has 2 unspecified atom stereocenters. The lowest BCUT2D eigenvalue weighted by atomic mass is 9.83. The summed E-state index contributed by atoms with van der Waals surface area (Å²) in [6.45, 7) is 4.03. The fourth-order valence-corrected chi connectivity index (χ4v) is 2.89. The molecule has 1 fully saturated rings. The van der Waals surface area contributed by atoms with Crippen molar-refractivity contribution < 1.29 is 4.79 Å². The first kappa shape index (κ1) is 13.1. The maximum atomic E-state index is 12.7. The first-order chi connectivity index (χ1) is 8.47. The van der Waals surface area contributed by atoms with Gasteiger partial charge in [-0.1, -0.05) is 24.6 Å². The van der Waals surface area contributed by atoms with Gasteiger partial charge in [-0.3, -0.25) is 4.79 Å². The minimum absolute atomic E-state index is 0.0172. The third-order valence-corrected chi connectivity index (χ3v) is 4.30. The summed E-state index contributed by atoms with van der Waals surface area (Å²) >= 11 is 0. The van der Waals surface area contributed by atoms with Crippen molar-refractivity contribution in [1.29, 1.82) is 0 Å². The lowest BCUT2D eigenvalue weighted by Gasteiger charge is -2.33. The molecule has 2 rings (SSSR count). The highest BCUT2D eigenvalue weighted by molar-refractivity contribution is 5.98. The third-order valence-electron chi connectivity index (χ3n) is 4.30. The Hall–Kier alpha value is -1.35. The molecule has 1 aliphatic rings. The average Bonchev–Trinajstić information content (AvgIpc) is 2.70. The molecule has 1 aromatic rings. The number of carbonyl (C=O) groups excluding carboxylic acids is 1. The maximum Gasteiger partial charge on any atom is 0.234 e. The van der Waals surface area contributed by atoms with E-state index in [-0.39, 0.29) is 11.9 Å². The molecule has 0 spiro atoms. The van der Waals surface area contributed by atoms with Gasteiger partial charge in [-0.2, -0.15) is 0 Å². The van der Waals surface area contributed by atoms with Crippen LogP contribution in [0.15, 0.2) is 24.3 Å². The van der Waals surface area contributed by atoms with Gasteiger partial charge < -0.3 is 10.6 Å². The number of para-hydroxylation sites is 1. The van der Waals surface area contributed by atoms with Gasteiger partial charge in [-0.15, -0.1) is 0 Å². The molecule has 0 bridgehead atoms. The van der Waals surface area contributed by atoms with E-state index in [0.29, 0.717) is 0 Å². The first-order valence-corrected chi connectivity index (χ1v) is 6.56. The van der Waals surface area contributed by atoms with Crippen LogP contribution < -0.4 is 10.6 Å². The number of nitrogens with two attached hydrogens (primary N) is 1.